The highest BCUT2D eigenvalue weighted by Gasteiger charge is 2.17. The normalized spacial score (nSPS) is 11.0. The minimum absolute atomic E-state index is 0.155. The van der Waals surface area contributed by atoms with Crippen LogP contribution in [0.2, 0.25) is 0 Å². The van der Waals surface area contributed by atoms with E-state index >= 15 is 0 Å². The summed E-state index contributed by atoms with van der Waals surface area (Å²) in [6.07, 6.45) is 3.14. The SMILES string of the molecule is CCN(CC)c1ccc(NC(=O)c2cccc(CCCOCCOCCOCCOCCNC(=O)N(CCO)CCO)c2)c(-c2cc(C(=O)NCc3cccc(C)c3)ccn2)c1. The fraction of sp³-hybridized carbons (Fsp3) is 0.447. The van der Waals surface area contributed by atoms with E-state index in [1.54, 1.807) is 24.4 Å². The molecule has 0 aliphatic heterocycles. The van der Waals surface area contributed by atoms with Crippen LogP contribution in [0.15, 0.2) is 85.1 Å². The van der Waals surface area contributed by atoms with E-state index in [1.807, 2.05) is 67.6 Å². The van der Waals surface area contributed by atoms with Crippen LogP contribution in [0.25, 0.3) is 11.3 Å². The van der Waals surface area contributed by atoms with Gasteiger partial charge in [0.25, 0.3) is 11.8 Å². The Balaban J connectivity index is 1.18. The Morgan fingerprint density at radius 2 is 1.32 bits per heavy atom. The van der Waals surface area contributed by atoms with E-state index < -0.39 is 0 Å². The molecule has 0 fully saturated rings. The number of urea groups is 1. The Kier molecular flexibility index (Phi) is 22.4. The quantitative estimate of drug-likeness (QED) is 0.0459. The molecule has 15 heteroatoms. The summed E-state index contributed by atoms with van der Waals surface area (Å²) in [6, 6.07) is 24.6. The molecular formula is C47H64N6O9. The number of aromatic nitrogens is 1. The lowest BCUT2D eigenvalue weighted by atomic mass is 10.0. The zero-order valence-corrected chi connectivity index (χ0v) is 36.4. The Morgan fingerprint density at radius 3 is 2.00 bits per heavy atom. The maximum absolute atomic E-state index is 13.7. The first-order chi connectivity index (χ1) is 30.3. The van der Waals surface area contributed by atoms with Crippen LogP contribution in [-0.2, 0) is 31.9 Å². The van der Waals surface area contributed by atoms with Crippen molar-refractivity contribution in [3.8, 4) is 11.3 Å². The minimum Gasteiger partial charge on any atom is -0.395 e. The van der Waals surface area contributed by atoms with Crippen molar-refractivity contribution in [2.24, 2.45) is 0 Å². The molecule has 3 aromatic carbocycles. The van der Waals surface area contributed by atoms with Gasteiger partial charge in [0.05, 0.1) is 70.8 Å². The summed E-state index contributed by atoms with van der Waals surface area (Å²) in [6.45, 7) is 11.9. The fourth-order valence-electron chi connectivity index (χ4n) is 6.57. The van der Waals surface area contributed by atoms with Gasteiger partial charge in [-0.3, -0.25) is 14.6 Å². The second-order valence-electron chi connectivity index (χ2n) is 14.4. The smallest absolute Gasteiger partial charge is 0.317 e. The van der Waals surface area contributed by atoms with Crippen molar-refractivity contribution in [1.29, 1.82) is 0 Å². The summed E-state index contributed by atoms with van der Waals surface area (Å²) in [4.78, 5) is 47.1. The van der Waals surface area contributed by atoms with E-state index in [1.165, 1.54) is 4.90 Å². The number of ether oxygens (including phenoxy) is 4. The predicted octanol–water partition coefficient (Wildman–Crippen LogP) is 5.08. The van der Waals surface area contributed by atoms with Gasteiger partial charge in [-0.2, -0.15) is 0 Å². The van der Waals surface area contributed by atoms with Crippen LogP contribution in [0.1, 0.15) is 57.7 Å². The molecule has 4 aromatic rings. The molecule has 0 saturated carbocycles. The van der Waals surface area contributed by atoms with E-state index in [-0.39, 0.29) is 44.1 Å². The van der Waals surface area contributed by atoms with Crippen LogP contribution in [0.3, 0.4) is 0 Å². The topological polar surface area (TPSA) is 184 Å². The second-order valence-corrected chi connectivity index (χ2v) is 14.4. The molecule has 4 amide bonds. The summed E-state index contributed by atoms with van der Waals surface area (Å²) in [5, 5.41) is 26.8. The number of amides is 4. The predicted molar refractivity (Wildman–Crippen MR) is 241 cm³/mol. The third kappa shape index (κ3) is 17.2. The summed E-state index contributed by atoms with van der Waals surface area (Å²) in [5.41, 5.74) is 7.06. The highest BCUT2D eigenvalue weighted by molar-refractivity contribution is 6.06. The van der Waals surface area contributed by atoms with Crippen molar-refractivity contribution in [3.05, 3.63) is 113 Å². The van der Waals surface area contributed by atoms with Gasteiger partial charge in [-0.05, 0) is 87.2 Å². The van der Waals surface area contributed by atoms with Crippen molar-refractivity contribution >= 4 is 29.2 Å². The number of pyridine rings is 1. The molecule has 1 aromatic heterocycles. The monoisotopic (exact) mass is 856 g/mol. The number of aryl methyl sites for hydroxylation is 2. The van der Waals surface area contributed by atoms with Gasteiger partial charge in [0.2, 0.25) is 0 Å². The third-order valence-corrected chi connectivity index (χ3v) is 9.82. The van der Waals surface area contributed by atoms with Crippen molar-refractivity contribution in [2.45, 2.75) is 40.2 Å². The maximum Gasteiger partial charge on any atom is 0.317 e. The largest absolute Gasteiger partial charge is 0.395 e. The lowest BCUT2D eigenvalue weighted by Gasteiger charge is -2.23. The number of nitrogens with zero attached hydrogens (tertiary/aromatic N) is 3. The van der Waals surface area contributed by atoms with Gasteiger partial charge >= 0.3 is 6.03 Å². The lowest BCUT2D eigenvalue weighted by Crippen LogP contribution is -2.44. The standard InChI is InChI=1S/C47H64N6O9/c1-4-52(5-2)41-14-15-43(42(34-41)44-33-40(16-17-48-44)45(56)50-35-38-11-6-9-36(3)31-38)51-46(57)39-13-7-10-37(32-39)12-8-23-59-25-27-61-29-30-62-28-26-60-24-18-49-47(58)53(19-21-54)20-22-55/h6-7,9-11,13-17,31-34,54-55H,4-5,8,12,18-30,35H2,1-3H3,(H,49,58)(H,50,56)(H,51,57). The molecule has 1 heterocycles. The van der Waals surface area contributed by atoms with Crippen LogP contribution < -0.4 is 20.9 Å². The van der Waals surface area contributed by atoms with Gasteiger partial charge in [-0.15, -0.1) is 0 Å². The van der Waals surface area contributed by atoms with Gasteiger partial charge in [0.1, 0.15) is 0 Å². The molecule has 0 saturated heterocycles. The first kappa shape index (κ1) is 49.2. The summed E-state index contributed by atoms with van der Waals surface area (Å²) in [7, 11) is 0. The molecule has 0 atom stereocenters. The van der Waals surface area contributed by atoms with Crippen molar-refractivity contribution in [3.63, 3.8) is 0 Å². The second kappa shape index (κ2) is 28.2. The molecule has 0 radical (unpaired) electrons. The van der Waals surface area contributed by atoms with Gasteiger partial charge in [-0.25, -0.2) is 4.79 Å². The van der Waals surface area contributed by atoms with E-state index in [0.717, 1.165) is 48.3 Å². The van der Waals surface area contributed by atoms with Crippen molar-refractivity contribution in [2.75, 3.05) is 109 Å². The first-order valence-corrected chi connectivity index (χ1v) is 21.4. The molecule has 15 nitrogen and oxygen atoms in total. The number of carbonyl (C=O) groups excluding carboxylic acids is 3. The summed E-state index contributed by atoms with van der Waals surface area (Å²) < 4.78 is 22.3. The van der Waals surface area contributed by atoms with Gasteiger partial charge < -0.3 is 54.9 Å². The molecule has 5 N–H and O–H groups in total. The number of anilines is 2. The average Bonchev–Trinajstić information content (AvgIpc) is 3.28. The number of benzene rings is 3. The number of rotatable bonds is 29. The molecular weight excluding hydrogens is 793 g/mol. The molecule has 0 spiro atoms. The summed E-state index contributed by atoms with van der Waals surface area (Å²) in [5.74, 6) is -0.455. The number of aliphatic hydroxyl groups excluding tert-OH is 2. The Bertz CT molecular complexity index is 1950. The van der Waals surface area contributed by atoms with Crippen LogP contribution in [0, 0.1) is 6.92 Å². The molecule has 0 unspecified atom stereocenters. The van der Waals surface area contributed by atoms with Crippen LogP contribution >= 0.6 is 0 Å². The summed E-state index contributed by atoms with van der Waals surface area (Å²) >= 11 is 0. The van der Waals surface area contributed by atoms with E-state index in [2.05, 4.69) is 39.7 Å². The average molecular weight is 857 g/mol. The van der Waals surface area contributed by atoms with Crippen molar-refractivity contribution < 1.29 is 43.5 Å². The number of hydrogen-bond acceptors (Lipinski definition) is 11. The number of nitrogens with one attached hydrogen (secondary N) is 3. The van der Waals surface area contributed by atoms with E-state index in [9.17, 15) is 14.4 Å². The van der Waals surface area contributed by atoms with Crippen LogP contribution in [0.4, 0.5) is 16.2 Å². The number of carbonyl (C=O) groups is 3. The fourth-order valence-corrected chi connectivity index (χ4v) is 6.57. The lowest BCUT2D eigenvalue weighted by molar-refractivity contribution is -0.00155. The first-order valence-electron chi connectivity index (χ1n) is 21.4. The molecule has 0 aliphatic carbocycles. The van der Waals surface area contributed by atoms with Crippen LogP contribution in [-0.4, -0.2) is 137 Å². The number of aliphatic hydroxyl groups is 2. The number of hydrogen-bond donors (Lipinski definition) is 5. The van der Waals surface area contributed by atoms with Gasteiger partial charge in [-0.1, -0.05) is 42.0 Å². The van der Waals surface area contributed by atoms with Gasteiger partial charge in [0, 0.05) is 74.5 Å². The van der Waals surface area contributed by atoms with Gasteiger partial charge in [0.15, 0.2) is 0 Å². The minimum atomic E-state index is -0.359. The molecule has 336 valence electrons. The van der Waals surface area contributed by atoms with Crippen LogP contribution in [0.5, 0.6) is 0 Å². The van der Waals surface area contributed by atoms with E-state index in [4.69, 9.17) is 29.2 Å². The molecule has 4 rings (SSSR count). The molecule has 0 bridgehead atoms. The Morgan fingerprint density at radius 1 is 0.677 bits per heavy atom. The van der Waals surface area contributed by atoms with Crippen molar-refractivity contribution in [1.82, 2.24) is 20.5 Å². The maximum atomic E-state index is 13.7. The Labute approximate surface area is 365 Å². The zero-order valence-electron chi connectivity index (χ0n) is 36.4. The zero-order chi connectivity index (χ0) is 44.4. The Hall–Kier alpha value is -5.42. The molecule has 62 heavy (non-hydrogen) atoms. The third-order valence-electron chi connectivity index (χ3n) is 9.82. The highest BCUT2D eigenvalue weighted by atomic mass is 16.6. The molecule has 0 aliphatic rings. The van der Waals surface area contributed by atoms with E-state index in [0.29, 0.717) is 94.0 Å². The highest BCUT2D eigenvalue weighted by Crippen LogP contribution is 2.32.